The number of anilines is 1. The summed E-state index contributed by atoms with van der Waals surface area (Å²) in [5.41, 5.74) is 4.26. The van der Waals surface area contributed by atoms with Crippen molar-refractivity contribution in [1.82, 2.24) is 9.97 Å². The minimum atomic E-state index is -0.0102. The molecule has 0 saturated carbocycles. The number of imidazole rings is 1. The van der Waals surface area contributed by atoms with Crippen molar-refractivity contribution in [1.29, 1.82) is 0 Å². The van der Waals surface area contributed by atoms with Crippen molar-refractivity contribution in [3.05, 3.63) is 95.0 Å². The molecule has 1 aromatic heterocycles. The maximum Gasteiger partial charge on any atom is 0.201 e. The zero-order valence-corrected chi connectivity index (χ0v) is 13.7. The first kappa shape index (κ1) is 14.8. The Hall–Kier alpha value is -2.78. The first-order valence-electron chi connectivity index (χ1n) is 7.81. The Labute approximate surface area is 145 Å². The van der Waals surface area contributed by atoms with Crippen LogP contribution in [0.25, 0.3) is 11.0 Å². The lowest BCUT2D eigenvalue weighted by molar-refractivity contribution is 0.920. The number of benzene rings is 3. The van der Waals surface area contributed by atoms with E-state index in [1.807, 2.05) is 66.7 Å². The maximum absolute atomic E-state index is 6.04. The summed E-state index contributed by atoms with van der Waals surface area (Å²) in [5, 5.41) is 4.24. The number of hydrogen-bond acceptors (Lipinski definition) is 2. The average molecular weight is 334 g/mol. The molecular formula is C20H16ClN3. The number of hydrogen-bond donors (Lipinski definition) is 2. The van der Waals surface area contributed by atoms with Gasteiger partial charge in [0.25, 0.3) is 0 Å². The summed E-state index contributed by atoms with van der Waals surface area (Å²) >= 11 is 6.04. The van der Waals surface area contributed by atoms with Crippen molar-refractivity contribution in [2.45, 2.75) is 6.04 Å². The summed E-state index contributed by atoms with van der Waals surface area (Å²) < 4.78 is 0. The molecule has 4 aromatic rings. The van der Waals surface area contributed by atoms with Crippen LogP contribution in [0.3, 0.4) is 0 Å². The van der Waals surface area contributed by atoms with Crippen LogP contribution < -0.4 is 5.32 Å². The smallest absolute Gasteiger partial charge is 0.201 e. The van der Waals surface area contributed by atoms with Gasteiger partial charge in [-0.15, -0.1) is 0 Å². The molecule has 0 saturated heterocycles. The van der Waals surface area contributed by atoms with Crippen molar-refractivity contribution < 1.29 is 0 Å². The molecule has 0 aliphatic heterocycles. The standard InChI is InChI=1S/C20H16ClN3/c21-16-12-10-15(11-13-16)19(14-6-2-1-3-7-14)24-20-22-17-8-4-5-9-18(17)23-20/h1-13,19H,(H2,22,23,24)/t19-/m0/s1. The zero-order valence-electron chi connectivity index (χ0n) is 12.9. The molecule has 24 heavy (non-hydrogen) atoms. The van der Waals surface area contributed by atoms with E-state index in [4.69, 9.17) is 11.6 Å². The van der Waals surface area contributed by atoms with Crippen LogP contribution in [0.2, 0.25) is 5.02 Å². The Bertz CT molecular complexity index is 912. The van der Waals surface area contributed by atoms with Crippen molar-refractivity contribution in [2.24, 2.45) is 0 Å². The molecular weight excluding hydrogens is 318 g/mol. The SMILES string of the molecule is Clc1ccc([C@@H](Nc2nc3ccccc3[nH]2)c2ccccc2)cc1. The van der Waals surface area contributed by atoms with Gasteiger partial charge in [0.1, 0.15) is 0 Å². The third-order valence-corrected chi connectivity index (χ3v) is 4.26. The Morgan fingerprint density at radius 1 is 0.792 bits per heavy atom. The van der Waals surface area contributed by atoms with Gasteiger partial charge in [-0.2, -0.15) is 0 Å². The summed E-state index contributed by atoms with van der Waals surface area (Å²) in [7, 11) is 0. The van der Waals surface area contributed by atoms with Crippen LogP contribution >= 0.6 is 11.6 Å². The van der Waals surface area contributed by atoms with Gasteiger partial charge in [-0.25, -0.2) is 4.98 Å². The minimum Gasteiger partial charge on any atom is -0.345 e. The van der Waals surface area contributed by atoms with E-state index >= 15 is 0 Å². The van der Waals surface area contributed by atoms with Gasteiger partial charge >= 0.3 is 0 Å². The van der Waals surface area contributed by atoms with E-state index < -0.39 is 0 Å². The lowest BCUT2D eigenvalue weighted by Crippen LogP contribution is -2.13. The summed E-state index contributed by atoms with van der Waals surface area (Å²) in [6, 6.07) is 26.2. The second-order valence-electron chi connectivity index (χ2n) is 5.64. The number of halogens is 1. The van der Waals surface area contributed by atoms with Gasteiger partial charge in [0.15, 0.2) is 0 Å². The van der Waals surface area contributed by atoms with Crippen LogP contribution in [0.4, 0.5) is 5.95 Å². The summed E-state index contributed by atoms with van der Waals surface area (Å²) in [6.07, 6.45) is 0. The highest BCUT2D eigenvalue weighted by Gasteiger charge is 2.15. The highest BCUT2D eigenvalue weighted by molar-refractivity contribution is 6.30. The zero-order chi connectivity index (χ0) is 16.4. The van der Waals surface area contributed by atoms with Crippen LogP contribution in [0, 0.1) is 0 Å². The van der Waals surface area contributed by atoms with Gasteiger partial charge in [0, 0.05) is 5.02 Å². The molecule has 0 spiro atoms. The highest BCUT2D eigenvalue weighted by atomic mass is 35.5. The number of nitrogens with zero attached hydrogens (tertiary/aromatic N) is 1. The highest BCUT2D eigenvalue weighted by Crippen LogP contribution is 2.27. The predicted octanol–water partition coefficient (Wildman–Crippen LogP) is 5.42. The second kappa shape index (κ2) is 6.38. The van der Waals surface area contributed by atoms with Gasteiger partial charge in [0.05, 0.1) is 17.1 Å². The van der Waals surface area contributed by atoms with Crippen molar-refractivity contribution in [3.63, 3.8) is 0 Å². The minimum absolute atomic E-state index is 0.0102. The largest absolute Gasteiger partial charge is 0.345 e. The molecule has 3 aromatic carbocycles. The van der Waals surface area contributed by atoms with E-state index in [1.165, 1.54) is 5.56 Å². The van der Waals surface area contributed by atoms with Crippen LogP contribution in [-0.2, 0) is 0 Å². The Kier molecular flexibility index (Phi) is 3.93. The summed E-state index contributed by atoms with van der Waals surface area (Å²) in [6.45, 7) is 0. The Morgan fingerprint density at radius 2 is 1.46 bits per heavy atom. The van der Waals surface area contributed by atoms with Crippen molar-refractivity contribution >= 4 is 28.6 Å². The first-order chi connectivity index (χ1) is 11.8. The Morgan fingerprint density at radius 3 is 2.21 bits per heavy atom. The monoisotopic (exact) mass is 333 g/mol. The van der Waals surface area contributed by atoms with Crippen LogP contribution in [-0.4, -0.2) is 9.97 Å². The molecule has 0 aliphatic rings. The number of nitrogens with one attached hydrogen (secondary N) is 2. The van der Waals surface area contributed by atoms with Gasteiger partial charge < -0.3 is 10.3 Å². The lowest BCUT2D eigenvalue weighted by Gasteiger charge is -2.19. The molecule has 1 atom stereocenters. The van der Waals surface area contributed by atoms with E-state index in [9.17, 15) is 0 Å². The molecule has 0 fully saturated rings. The van der Waals surface area contributed by atoms with Crippen molar-refractivity contribution in [2.75, 3.05) is 5.32 Å². The third-order valence-electron chi connectivity index (χ3n) is 4.01. The van der Waals surface area contributed by atoms with Crippen LogP contribution in [0.1, 0.15) is 17.2 Å². The van der Waals surface area contributed by atoms with E-state index in [0.717, 1.165) is 27.6 Å². The molecule has 118 valence electrons. The summed E-state index contributed by atoms with van der Waals surface area (Å²) in [4.78, 5) is 7.96. The molecule has 0 aliphatic carbocycles. The molecule has 4 rings (SSSR count). The molecule has 0 bridgehead atoms. The second-order valence-corrected chi connectivity index (χ2v) is 6.08. The molecule has 3 nitrogen and oxygen atoms in total. The fourth-order valence-electron chi connectivity index (χ4n) is 2.82. The van der Waals surface area contributed by atoms with Crippen LogP contribution in [0.15, 0.2) is 78.9 Å². The third kappa shape index (κ3) is 2.99. The number of aromatic amines is 1. The number of rotatable bonds is 4. The number of para-hydroxylation sites is 2. The number of aromatic nitrogens is 2. The fraction of sp³-hybridized carbons (Fsp3) is 0.0500. The van der Waals surface area contributed by atoms with Gasteiger partial charge in [-0.1, -0.05) is 66.2 Å². The molecule has 4 heteroatoms. The number of H-pyrrole nitrogens is 1. The van der Waals surface area contributed by atoms with Gasteiger partial charge in [-0.05, 0) is 35.4 Å². The predicted molar refractivity (Wildman–Crippen MR) is 99.5 cm³/mol. The Balaban J connectivity index is 1.73. The topological polar surface area (TPSA) is 40.7 Å². The van der Waals surface area contributed by atoms with E-state index in [0.29, 0.717) is 0 Å². The van der Waals surface area contributed by atoms with E-state index in [2.05, 4.69) is 27.4 Å². The van der Waals surface area contributed by atoms with Crippen molar-refractivity contribution in [3.8, 4) is 0 Å². The van der Waals surface area contributed by atoms with E-state index in [-0.39, 0.29) is 6.04 Å². The average Bonchev–Trinajstić information content (AvgIpc) is 3.04. The molecule has 0 amide bonds. The normalized spacial score (nSPS) is 12.2. The summed E-state index contributed by atoms with van der Waals surface area (Å²) in [5.74, 6) is 0.750. The van der Waals surface area contributed by atoms with Gasteiger partial charge in [0.2, 0.25) is 5.95 Å². The van der Waals surface area contributed by atoms with E-state index in [1.54, 1.807) is 0 Å². The molecule has 1 heterocycles. The first-order valence-corrected chi connectivity index (χ1v) is 8.19. The molecule has 2 N–H and O–H groups in total. The fourth-order valence-corrected chi connectivity index (χ4v) is 2.94. The maximum atomic E-state index is 6.04. The lowest BCUT2D eigenvalue weighted by atomic mass is 9.99. The number of fused-ring (bicyclic) bond motifs is 1. The molecule has 0 unspecified atom stereocenters. The molecule has 0 radical (unpaired) electrons. The quantitative estimate of drug-likeness (QED) is 0.523. The van der Waals surface area contributed by atoms with Crippen LogP contribution in [0.5, 0.6) is 0 Å². The van der Waals surface area contributed by atoms with Gasteiger partial charge in [-0.3, -0.25) is 0 Å².